The van der Waals surface area contributed by atoms with Gasteiger partial charge in [0.2, 0.25) is 0 Å². The minimum absolute atomic E-state index is 0. The van der Waals surface area contributed by atoms with Crippen LogP contribution in [0.1, 0.15) is 219 Å². The molecule has 0 fully saturated rings. The van der Waals surface area contributed by atoms with Gasteiger partial charge in [-0.05, 0) is 0 Å². The fourth-order valence-corrected chi connectivity index (χ4v) is 5.35. The van der Waals surface area contributed by atoms with Crippen molar-refractivity contribution in [3.63, 3.8) is 0 Å². The summed E-state index contributed by atoms with van der Waals surface area (Å²) in [5.41, 5.74) is 14.2. The minimum atomic E-state index is 0. The summed E-state index contributed by atoms with van der Waals surface area (Å²) in [6, 6.07) is 0. The van der Waals surface area contributed by atoms with E-state index in [0.29, 0.717) is 13.1 Å². The SMILES string of the molecule is CCCCCCCCCCCCCCCCCC[NH-].CCCCCCCCCCCCCCCCCC[NH-].[Ca+2]. The molecule has 0 heterocycles. The molecule has 0 aromatic heterocycles. The second-order valence-electron chi connectivity index (χ2n) is 12.1. The van der Waals surface area contributed by atoms with Crippen LogP contribution in [0, 0.1) is 0 Å². The maximum Gasteiger partial charge on any atom is 2.00 e. The molecule has 0 aliphatic carbocycles. The van der Waals surface area contributed by atoms with Gasteiger partial charge in [0.15, 0.2) is 0 Å². The molecule has 0 atom stereocenters. The average Bonchev–Trinajstić information content (AvgIpc) is 2.93. The van der Waals surface area contributed by atoms with Crippen LogP contribution in [0.3, 0.4) is 0 Å². The first-order valence-electron chi connectivity index (χ1n) is 18.1. The van der Waals surface area contributed by atoms with E-state index in [1.807, 2.05) is 0 Å². The molecule has 0 aromatic carbocycles. The summed E-state index contributed by atoms with van der Waals surface area (Å²) in [7, 11) is 0. The normalized spacial score (nSPS) is 10.8. The molecule has 39 heavy (non-hydrogen) atoms. The van der Waals surface area contributed by atoms with Crippen molar-refractivity contribution < 1.29 is 0 Å². The molecule has 3 heteroatoms. The van der Waals surface area contributed by atoms with Gasteiger partial charge in [0.25, 0.3) is 0 Å². The molecule has 0 saturated heterocycles. The molecule has 0 radical (unpaired) electrons. The Morgan fingerprint density at radius 1 is 0.231 bits per heavy atom. The number of hydrogen-bond acceptors (Lipinski definition) is 0. The molecule has 0 rings (SSSR count). The van der Waals surface area contributed by atoms with Gasteiger partial charge in [-0.25, -0.2) is 0 Å². The van der Waals surface area contributed by atoms with Gasteiger partial charge in [-0.2, -0.15) is 13.1 Å². The second kappa shape index (κ2) is 46.1. The number of hydrogen-bond donors (Lipinski definition) is 0. The van der Waals surface area contributed by atoms with Gasteiger partial charge in [0.1, 0.15) is 0 Å². The maximum atomic E-state index is 7.08. The summed E-state index contributed by atoms with van der Waals surface area (Å²) in [5.74, 6) is 0. The Labute approximate surface area is 279 Å². The zero-order chi connectivity index (χ0) is 28.0. The Morgan fingerprint density at radius 2 is 0.359 bits per heavy atom. The number of rotatable bonds is 32. The van der Waals surface area contributed by atoms with E-state index in [2.05, 4.69) is 13.8 Å². The van der Waals surface area contributed by atoms with Crippen LogP contribution in [0.2, 0.25) is 0 Å². The number of nitrogens with one attached hydrogen (secondary N) is 2. The van der Waals surface area contributed by atoms with Crippen LogP contribution in [-0.2, 0) is 0 Å². The molecule has 0 saturated carbocycles. The molecule has 0 amide bonds. The van der Waals surface area contributed by atoms with Crippen molar-refractivity contribution in [3.8, 4) is 0 Å². The number of unbranched alkanes of at least 4 members (excludes halogenated alkanes) is 30. The standard InChI is InChI=1S/2C18H38N.Ca/c2*1-2-3-4-5-6-7-8-9-10-11-12-13-14-15-16-17-18-19;/h2*19H,2-18H2,1H3;/q2*-1;+2. The molecular weight excluding hydrogens is 500 g/mol. The molecule has 0 aliphatic rings. The summed E-state index contributed by atoms with van der Waals surface area (Å²) < 4.78 is 0. The third kappa shape index (κ3) is 49.2. The van der Waals surface area contributed by atoms with Crippen molar-refractivity contribution in [2.75, 3.05) is 13.1 Å². The van der Waals surface area contributed by atoms with Crippen molar-refractivity contribution in [2.45, 2.75) is 219 Å². The second-order valence-corrected chi connectivity index (χ2v) is 12.1. The first-order chi connectivity index (χ1) is 18.8. The van der Waals surface area contributed by atoms with Crippen LogP contribution in [0.25, 0.3) is 11.5 Å². The predicted octanol–water partition coefficient (Wildman–Crippen LogP) is 14.2. The predicted molar refractivity (Wildman–Crippen MR) is 183 cm³/mol. The van der Waals surface area contributed by atoms with Crippen LogP contribution >= 0.6 is 0 Å². The average molecular weight is 577 g/mol. The van der Waals surface area contributed by atoms with E-state index in [-0.39, 0.29) is 37.7 Å². The summed E-state index contributed by atoms with van der Waals surface area (Å²) in [6.07, 6.45) is 45.0. The van der Waals surface area contributed by atoms with Crippen LogP contribution in [0.4, 0.5) is 0 Å². The van der Waals surface area contributed by atoms with Crippen LogP contribution in [-0.4, -0.2) is 50.8 Å². The van der Waals surface area contributed by atoms with Crippen LogP contribution < -0.4 is 0 Å². The van der Waals surface area contributed by atoms with Gasteiger partial charge >= 0.3 is 37.7 Å². The zero-order valence-electron chi connectivity index (χ0n) is 27.7. The van der Waals surface area contributed by atoms with Crippen molar-refractivity contribution in [2.24, 2.45) is 0 Å². The Bertz CT molecular complexity index is 298. The molecule has 2 N–H and O–H groups in total. The molecule has 0 aliphatic heterocycles. The molecule has 0 unspecified atom stereocenters. The van der Waals surface area contributed by atoms with E-state index in [1.165, 1.54) is 193 Å². The molecule has 0 spiro atoms. The third-order valence-corrected chi connectivity index (χ3v) is 8.06. The molecular formula is C36H76CaN2. The molecule has 0 aromatic rings. The van der Waals surface area contributed by atoms with E-state index < -0.39 is 0 Å². The Hall–Kier alpha value is 1.18. The molecule has 232 valence electrons. The minimum Gasteiger partial charge on any atom is -0.677 e. The van der Waals surface area contributed by atoms with E-state index in [9.17, 15) is 0 Å². The van der Waals surface area contributed by atoms with Crippen molar-refractivity contribution in [3.05, 3.63) is 11.5 Å². The van der Waals surface area contributed by atoms with Gasteiger partial charge in [0.05, 0.1) is 0 Å². The first-order valence-corrected chi connectivity index (χ1v) is 18.1. The molecule has 0 bridgehead atoms. The summed E-state index contributed by atoms with van der Waals surface area (Å²) in [6.45, 7) is 5.82. The van der Waals surface area contributed by atoms with Gasteiger partial charge in [-0.1, -0.05) is 219 Å². The van der Waals surface area contributed by atoms with Crippen molar-refractivity contribution in [1.29, 1.82) is 0 Å². The fourth-order valence-electron chi connectivity index (χ4n) is 5.35. The summed E-state index contributed by atoms with van der Waals surface area (Å²) in [4.78, 5) is 0. The Balaban J connectivity index is -0.000000648. The van der Waals surface area contributed by atoms with E-state index in [4.69, 9.17) is 11.5 Å². The summed E-state index contributed by atoms with van der Waals surface area (Å²) >= 11 is 0. The van der Waals surface area contributed by atoms with Crippen molar-refractivity contribution in [1.82, 2.24) is 0 Å². The van der Waals surface area contributed by atoms with Crippen molar-refractivity contribution >= 4 is 37.7 Å². The van der Waals surface area contributed by atoms with E-state index >= 15 is 0 Å². The fraction of sp³-hybridized carbons (Fsp3) is 1.00. The quantitative estimate of drug-likeness (QED) is 0.0564. The van der Waals surface area contributed by atoms with E-state index in [0.717, 1.165) is 12.8 Å². The first kappa shape index (κ1) is 44.6. The van der Waals surface area contributed by atoms with E-state index in [1.54, 1.807) is 0 Å². The van der Waals surface area contributed by atoms with Gasteiger partial charge in [-0.3, -0.25) is 0 Å². The van der Waals surface area contributed by atoms with Gasteiger partial charge in [0, 0.05) is 0 Å². The van der Waals surface area contributed by atoms with Crippen LogP contribution in [0.15, 0.2) is 0 Å². The zero-order valence-corrected chi connectivity index (χ0v) is 30.0. The van der Waals surface area contributed by atoms with Crippen LogP contribution in [0.5, 0.6) is 0 Å². The maximum absolute atomic E-state index is 7.08. The third-order valence-electron chi connectivity index (χ3n) is 8.06. The Morgan fingerprint density at radius 3 is 0.487 bits per heavy atom. The Kier molecular flexibility index (Phi) is 52.8. The van der Waals surface area contributed by atoms with Gasteiger partial charge in [-0.15, -0.1) is 0 Å². The monoisotopic (exact) mass is 577 g/mol. The largest absolute Gasteiger partial charge is 2.00 e. The summed E-state index contributed by atoms with van der Waals surface area (Å²) in [5, 5.41) is 0. The molecule has 2 nitrogen and oxygen atoms in total. The van der Waals surface area contributed by atoms with Gasteiger partial charge < -0.3 is 11.5 Å². The topological polar surface area (TPSA) is 47.6 Å². The smallest absolute Gasteiger partial charge is 0.677 e.